The fourth-order valence-electron chi connectivity index (χ4n) is 6.52. The second-order valence-corrected chi connectivity index (χ2v) is 13.9. The van der Waals surface area contributed by atoms with Crippen LogP contribution in [0, 0.1) is 0 Å². The first-order valence-electron chi connectivity index (χ1n) is 13.4. The number of fused-ring (bicyclic) bond motifs is 5. The topological polar surface area (TPSA) is 14.2 Å². The molecule has 0 N–H and O–H groups in total. The molecule has 0 atom stereocenters. The molecule has 2 heterocycles. The molecular weight excluding hydrogens is 490 g/mol. The van der Waals surface area contributed by atoms with Gasteiger partial charge in [-0.1, -0.05) is 115 Å². The van der Waals surface area contributed by atoms with Crippen molar-refractivity contribution in [1.82, 2.24) is 4.57 Å². The second-order valence-electron chi connectivity index (χ2n) is 10.1. The third kappa shape index (κ3) is 3.14. The maximum Gasteiger partial charge on any atom is 0.188 e. The van der Waals surface area contributed by atoms with E-state index in [9.17, 15) is 0 Å². The summed E-state index contributed by atoms with van der Waals surface area (Å²) in [5.41, 5.74) is 3.56. The summed E-state index contributed by atoms with van der Waals surface area (Å²) in [6, 6.07) is 54.9. The van der Waals surface area contributed by atoms with E-state index in [-0.39, 0.29) is 0 Å². The van der Waals surface area contributed by atoms with Crippen molar-refractivity contribution < 1.29 is 4.74 Å². The first-order valence-corrected chi connectivity index (χ1v) is 15.4. The molecule has 184 valence electrons. The van der Waals surface area contributed by atoms with Crippen molar-refractivity contribution in [3.63, 3.8) is 0 Å². The lowest BCUT2D eigenvalue weighted by atomic mass is 10.1. The Bertz CT molecular complexity index is 1940. The van der Waals surface area contributed by atoms with Gasteiger partial charge in [-0.25, -0.2) is 0 Å². The molecule has 3 heteroatoms. The lowest BCUT2D eigenvalue weighted by Gasteiger charge is -2.39. The zero-order chi connectivity index (χ0) is 25.8. The van der Waals surface area contributed by atoms with E-state index >= 15 is 0 Å². The summed E-state index contributed by atoms with van der Waals surface area (Å²) in [7, 11) is -2.70. The number of para-hydroxylation sites is 3. The second kappa shape index (κ2) is 8.59. The van der Waals surface area contributed by atoms with Crippen LogP contribution in [0.1, 0.15) is 0 Å². The molecule has 1 aliphatic heterocycles. The van der Waals surface area contributed by atoms with Gasteiger partial charge in [0.25, 0.3) is 0 Å². The van der Waals surface area contributed by atoms with Crippen molar-refractivity contribution in [1.29, 1.82) is 0 Å². The van der Waals surface area contributed by atoms with E-state index in [0.29, 0.717) is 0 Å². The van der Waals surface area contributed by atoms with Gasteiger partial charge >= 0.3 is 0 Å². The summed E-state index contributed by atoms with van der Waals surface area (Å²) in [6.07, 6.45) is 0. The van der Waals surface area contributed by atoms with E-state index in [1.165, 1.54) is 42.6 Å². The number of nitrogens with zero attached hydrogens (tertiary/aromatic N) is 1. The fraction of sp³-hybridized carbons (Fsp3) is 0. The monoisotopic (exact) mass is 515 g/mol. The standard InChI is InChI=1S/C36H25NOSi/c1-4-14-26(15-5-1)37-31-21-11-10-20-29(31)30-24-34-36(25-32(30)37)39(27-16-6-2-7-17-27,28-18-8-3-9-19-28)35-23-13-12-22-33(35)38-34/h1-25H. The Labute approximate surface area is 228 Å². The van der Waals surface area contributed by atoms with E-state index in [4.69, 9.17) is 4.74 Å². The van der Waals surface area contributed by atoms with Crippen LogP contribution in [0.5, 0.6) is 11.5 Å². The molecule has 0 aliphatic carbocycles. The van der Waals surface area contributed by atoms with Crippen LogP contribution in [0.3, 0.4) is 0 Å². The SMILES string of the molecule is c1ccc(-n2c3ccccc3c3cc4c(cc32)[Si](c2ccccc2)(c2ccccc2)c2ccccc2O4)cc1. The number of rotatable bonds is 3. The van der Waals surface area contributed by atoms with E-state index in [2.05, 4.69) is 156 Å². The first-order chi connectivity index (χ1) is 19.4. The van der Waals surface area contributed by atoms with E-state index < -0.39 is 8.07 Å². The van der Waals surface area contributed by atoms with Gasteiger partial charge in [0.05, 0.1) is 11.0 Å². The Morgan fingerprint density at radius 1 is 0.436 bits per heavy atom. The molecular formula is C36H25NOSi. The Balaban J connectivity index is 1.57. The summed E-state index contributed by atoms with van der Waals surface area (Å²) in [5, 5.41) is 7.72. The highest BCUT2D eigenvalue weighted by Crippen LogP contribution is 2.37. The zero-order valence-electron chi connectivity index (χ0n) is 21.3. The number of hydrogen-bond donors (Lipinski definition) is 0. The summed E-state index contributed by atoms with van der Waals surface area (Å²) in [5.74, 6) is 1.91. The van der Waals surface area contributed by atoms with Crippen molar-refractivity contribution in [3.8, 4) is 17.2 Å². The Kier molecular flexibility index (Phi) is 4.88. The van der Waals surface area contributed by atoms with Gasteiger partial charge < -0.3 is 9.30 Å². The minimum atomic E-state index is -2.70. The highest BCUT2D eigenvalue weighted by atomic mass is 28.3. The lowest BCUT2D eigenvalue weighted by Crippen LogP contribution is -2.76. The molecule has 0 saturated carbocycles. The maximum absolute atomic E-state index is 6.77. The molecule has 6 aromatic carbocycles. The molecule has 2 nitrogen and oxygen atoms in total. The summed E-state index contributed by atoms with van der Waals surface area (Å²) in [6.45, 7) is 0. The van der Waals surface area contributed by atoms with Gasteiger partial charge in [0.2, 0.25) is 0 Å². The molecule has 0 spiro atoms. The van der Waals surface area contributed by atoms with E-state index in [0.717, 1.165) is 17.2 Å². The zero-order valence-corrected chi connectivity index (χ0v) is 22.3. The Hall–Kier alpha value is -4.86. The molecule has 8 rings (SSSR count). The van der Waals surface area contributed by atoms with Gasteiger partial charge in [-0.15, -0.1) is 0 Å². The van der Waals surface area contributed by atoms with E-state index in [1.807, 2.05) is 0 Å². The Morgan fingerprint density at radius 3 is 1.74 bits per heavy atom. The highest BCUT2D eigenvalue weighted by molar-refractivity contribution is 7.20. The number of benzene rings is 6. The average molecular weight is 516 g/mol. The summed E-state index contributed by atoms with van der Waals surface area (Å²) < 4.78 is 9.18. The van der Waals surface area contributed by atoms with E-state index in [1.54, 1.807) is 0 Å². The van der Waals surface area contributed by atoms with Crippen LogP contribution < -0.4 is 25.5 Å². The number of ether oxygens (including phenoxy) is 1. The van der Waals surface area contributed by atoms with Gasteiger partial charge in [0.1, 0.15) is 11.5 Å². The first kappa shape index (κ1) is 22.2. The van der Waals surface area contributed by atoms with Gasteiger partial charge in [-0.2, -0.15) is 0 Å². The number of hydrogen-bond acceptors (Lipinski definition) is 1. The van der Waals surface area contributed by atoms with Crippen molar-refractivity contribution in [2.45, 2.75) is 0 Å². The lowest BCUT2D eigenvalue weighted by molar-refractivity contribution is 0.488. The average Bonchev–Trinajstić information content (AvgIpc) is 3.33. The molecule has 0 radical (unpaired) electrons. The van der Waals surface area contributed by atoms with Crippen LogP contribution in [0.4, 0.5) is 0 Å². The molecule has 0 saturated heterocycles. The van der Waals surface area contributed by atoms with Crippen molar-refractivity contribution in [2.24, 2.45) is 0 Å². The highest BCUT2D eigenvalue weighted by Gasteiger charge is 2.48. The van der Waals surface area contributed by atoms with Crippen molar-refractivity contribution in [3.05, 3.63) is 152 Å². The smallest absolute Gasteiger partial charge is 0.188 e. The van der Waals surface area contributed by atoms with Gasteiger partial charge in [0, 0.05) is 16.5 Å². The molecule has 7 aromatic rings. The van der Waals surface area contributed by atoms with Crippen LogP contribution in [0.25, 0.3) is 27.5 Å². The van der Waals surface area contributed by atoms with Gasteiger partial charge in [-0.3, -0.25) is 0 Å². The Morgan fingerprint density at radius 2 is 1.03 bits per heavy atom. The predicted octanol–water partition coefficient (Wildman–Crippen LogP) is 6.27. The molecule has 0 unspecified atom stereocenters. The number of aromatic nitrogens is 1. The van der Waals surface area contributed by atoms with Gasteiger partial charge in [-0.05, 0) is 57.1 Å². The largest absolute Gasteiger partial charge is 0.458 e. The predicted molar refractivity (Wildman–Crippen MR) is 164 cm³/mol. The normalized spacial score (nSPS) is 13.5. The molecule has 1 aromatic heterocycles. The molecule has 1 aliphatic rings. The van der Waals surface area contributed by atoms with Crippen LogP contribution in [0.2, 0.25) is 0 Å². The van der Waals surface area contributed by atoms with Crippen molar-refractivity contribution >= 4 is 50.6 Å². The summed E-state index contributed by atoms with van der Waals surface area (Å²) in [4.78, 5) is 0. The quantitative estimate of drug-likeness (QED) is 0.253. The fourth-order valence-corrected chi connectivity index (χ4v) is 11.5. The minimum Gasteiger partial charge on any atom is -0.458 e. The van der Waals surface area contributed by atoms with Crippen molar-refractivity contribution in [2.75, 3.05) is 0 Å². The molecule has 0 amide bonds. The van der Waals surface area contributed by atoms with Crippen LogP contribution in [-0.4, -0.2) is 12.6 Å². The van der Waals surface area contributed by atoms with Crippen LogP contribution in [0.15, 0.2) is 152 Å². The third-order valence-electron chi connectivity index (χ3n) is 8.12. The summed E-state index contributed by atoms with van der Waals surface area (Å²) >= 11 is 0. The molecule has 39 heavy (non-hydrogen) atoms. The maximum atomic E-state index is 6.77. The van der Waals surface area contributed by atoms with Crippen LogP contribution in [-0.2, 0) is 0 Å². The molecule has 0 bridgehead atoms. The molecule has 0 fully saturated rings. The third-order valence-corrected chi connectivity index (χ3v) is 12.9. The minimum absolute atomic E-state index is 0.954. The van der Waals surface area contributed by atoms with Crippen LogP contribution >= 0.6 is 0 Å². The van der Waals surface area contributed by atoms with Gasteiger partial charge in [0.15, 0.2) is 8.07 Å².